The van der Waals surface area contributed by atoms with Crippen molar-refractivity contribution >= 4 is 23.2 Å². The van der Waals surface area contributed by atoms with Gasteiger partial charge in [0.2, 0.25) is 0 Å². The minimum absolute atomic E-state index is 0. The maximum atomic E-state index is 13.2. The average Bonchev–Trinajstić information content (AvgIpc) is 2.59. The second kappa shape index (κ2) is 8.48. The van der Waals surface area contributed by atoms with E-state index in [2.05, 4.69) is 28.4 Å². The summed E-state index contributed by atoms with van der Waals surface area (Å²) < 4.78 is 18.8. The molecule has 0 aliphatic carbocycles. The number of hydrogen-bond donors (Lipinski definition) is 1. The highest BCUT2D eigenvalue weighted by molar-refractivity contribution is 5.88. The molecule has 3 nitrogen and oxygen atoms in total. The van der Waals surface area contributed by atoms with Crippen molar-refractivity contribution in [1.29, 1.82) is 0 Å². The summed E-state index contributed by atoms with van der Waals surface area (Å²) in [6.07, 6.45) is 0.504. The lowest BCUT2D eigenvalue weighted by Gasteiger charge is -2.36. The van der Waals surface area contributed by atoms with E-state index in [1.165, 1.54) is 10.8 Å². The van der Waals surface area contributed by atoms with Crippen LogP contribution in [0.4, 0.5) is 4.39 Å². The Hall–Kier alpha value is -1.36. The van der Waals surface area contributed by atoms with Crippen molar-refractivity contribution in [2.75, 3.05) is 40.0 Å². The van der Waals surface area contributed by atoms with E-state index in [1.807, 2.05) is 18.2 Å². The zero-order chi connectivity index (χ0) is 15.4. The van der Waals surface area contributed by atoms with Gasteiger partial charge in [-0.15, -0.1) is 12.4 Å². The standard InChI is InChI=1S/C18H23FN2O.ClH/c1-22-17-7-6-14-4-2-3-5-15(14)18(17)16(8-9-19)21-12-10-20-11-13-21;/h2-7,16,20H,8-13H2,1H3;1H/t16-;/m0./s1. The van der Waals surface area contributed by atoms with Crippen LogP contribution in [0, 0.1) is 0 Å². The third-order valence-corrected chi connectivity index (χ3v) is 4.46. The van der Waals surface area contributed by atoms with E-state index in [0.29, 0.717) is 6.42 Å². The van der Waals surface area contributed by atoms with Crippen LogP contribution in [0.1, 0.15) is 18.0 Å². The fourth-order valence-corrected chi connectivity index (χ4v) is 3.40. The Morgan fingerprint density at radius 1 is 1.17 bits per heavy atom. The van der Waals surface area contributed by atoms with Gasteiger partial charge in [-0.1, -0.05) is 30.3 Å². The molecule has 3 rings (SSSR count). The Morgan fingerprint density at radius 2 is 1.91 bits per heavy atom. The zero-order valence-electron chi connectivity index (χ0n) is 13.4. The number of halogens is 2. The molecule has 1 aliphatic rings. The molecule has 1 saturated heterocycles. The lowest BCUT2D eigenvalue weighted by molar-refractivity contribution is 0.156. The minimum Gasteiger partial charge on any atom is -0.496 e. The van der Waals surface area contributed by atoms with Gasteiger partial charge in [0.1, 0.15) is 5.75 Å². The van der Waals surface area contributed by atoms with E-state index in [1.54, 1.807) is 7.11 Å². The van der Waals surface area contributed by atoms with Crippen LogP contribution in [-0.2, 0) is 0 Å². The van der Waals surface area contributed by atoms with Crippen molar-refractivity contribution in [3.05, 3.63) is 42.0 Å². The normalized spacial score (nSPS) is 16.8. The average molecular weight is 339 g/mol. The Kier molecular flexibility index (Phi) is 6.63. The van der Waals surface area contributed by atoms with Gasteiger partial charge in [0.25, 0.3) is 0 Å². The molecule has 0 saturated carbocycles. The topological polar surface area (TPSA) is 24.5 Å². The van der Waals surface area contributed by atoms with Crippen LogP contribution in [-0.4, -0.2) is 44.9 Å². The Balaban J connectivity index is 0.00000192. The van der Waals surface area contributed by atoms with E-state index in [-0.39, 0.29) is 25.1 Å². The molecular formula is C18H24ClFN2O. The monoisotopic (exact) mass is 338 g/mol. The molecule has 0 bridgehead atoms. The first-order chi connectivity index (χ1) is 10.8. The third-order valence-electron chi connectivity index (χ3n) is 4.46. The third kappa shape index (κ3) is 3.77. The van der Waals surface area contributed by atoms with Gasteiger partial charge in [0.15, 0.2) is 0 Å². The first-order valence-corrected chi connectivity index (χ1v) is 7.91. The van der Waals surface area contributed by atoms with Crippen molar-refractivity contribution in [2.45, 2.75) is 12.5 Å². The molecule has 126 valence electrons. The van der Waals surface area contributed by atoms with Crippen molar-refractivity contribution < 1.29 is 9.13 Å². The quantitative estimate of drug-likeness (QED) is 0.902. The molecule has 1 atom stereocenters. The van der Waals surface area contributed by atoms with Crippen molar-refractivity contribution in [2.24, 2.45) is 0 Å². The van der Waals surface area contributed by atoms with Crippen molar-refractivity contribution in [3.63, 3.8) is 0 Å². The number of ether oxygens (including phenoxy) is 1. The van der Waals surface area contributed by atoms with Gasteiger partial charge in [-0.05, 0) is 23.3 Å². The summed E-state index contributed by atoms with van der Waals surface area (Å²) in [7, 11) is 1.69. The lowest BCUT2D eigenvalue weighted by atomic mass is 9.94. The number of benzene rings is 2. The molecular weight excluding hydrogens is 315 g/mol. The van der Waals surface area contributed by atoms with Crippen LogP contribution >= 0.6 is 12.4 Å². The van der Waals surface area contributed by atoms with Gasteiger partial charge < -0.3 is 10.1 Å². The molecule has 0 amide bonds. The highest BCUT2D eigenvalue weighted by Crippen LogP contribution is 2.37. The van der Waals surface area contributed by atoms with Crippen LogP contribution in [0.3, 0.4) is 0 Å². The largest absolute Gasteiger partial charge is 0.496 e. The van der Waals surface area contributed by atoms with Crippen LogP contribution in [0.2, 0.25) is 0 Å². The number of hydrogen-bond acceptors (Lipinski definition) is 3. The van der Waals surface area contributed by atoms with Gasteiger partial charge in [-0.3, -0.25) is 9.29 Å². The molecule has 2 aromatic carbocycles. The van der Waals surface area contributed by atoms with E-state index in [4.69, 9.17) is 4.74 Å². The number of piperazine rings is 1. The van der Waals surface area contributed by atoms with Crippen molar-refractivity contribution in [1.82, 2.24) is 10.2 Å². The number of methoxy groups -OCH3 is 1. The van der Waals surface area contributed by atoms with Crippen LogP contribution in [0.25, 0.3) is 10.8 Å². The fraction of sp³-hybridized carbons (Fsp3) is 0.444. The molecule has 1 aliphatic heterocycles. The number of nitrogens with one attached hydrogen (secondary N) is 1. The van der Waals surface area contributed by atoms with Gasteiger partial charge in [-0.25, -0.2) is 0 Å². The second-order valence-electron chi connectivity index (χ2n) is 5.68. The van der Waals surface area contributed by atoms with Gasteiger partial charge in [0, 0.05) is 37.8 Å². The summed E-state index contributed by atoms with van der Waals surface area (Å²) >= 11 is 0. The Labute approximate surface area is 143 Å². The lowest BCUT2D eigenvalue weighted by Crippen LogP contribution is -2.45. The van der Waals surface area contributed by atoms with Crippen LogP contribution in [0.15, 0.2) is 36.4 Å². The maximum absolute atomic E-state index is 13.2. The van der Waals surface area contributed by atoms with E-state index in [9.17, 15) is 4.39 Å². The summed E-state index contributed by atoms with van der Waals surface area (Å²) in [6.45, 7) is 3.47. The molecule has 0 radical (unpaired) electrons. The molecule has 23 heavy (non-hydrogen) atoms. The van der Waals surface area contributed by atoms with Gasteiger partial charge >= 0.3 is 0 Å². The zero-order valence-corrected chi connectivity index (χ0v) is 14.2. The summed E-state index contributed by atoms with van der Waals surface area (Å²) in [5.41, 5.74) is 1.13. The molecule has 1 N–H and O–H groups in total. The first-order valence-electron chi connectivity index (χ1n) is 7.91. The first kappa shape index (κ1) is 18.0. The van der Waals surface area contributed by atoms with E-state index in [0.717, 1.165) is 37.5 Å². The predicted molar refractivity (Wildman–Crippen MR) is 95.5 cm³/mol. The van der Waals surface area contributed by atoms with Crippen LogP contribution < -0.4 is 10.1 Å². The van der Waals surface area contributed by atoms with E-state index < -0.39 is 0 Å². The van der Waals surface area contributed by atoms with E-state index >= 15 is 0 Å². The smallest absolute Gasteiger partial charge is 0.124 e. The molecule has 1 heterocycles. The SMILES string of the molecule is COc1ccc2ccccc2c1[C@H](CCF)N1CCNCC1.Cl. The second-order valence-corrected chi connectivity index (χ2v) is 5.68. The Morgan fingerprint density at radius 3 is 2.61 bits per heavy atom. The number of nitrogens with zero attached hydrogens (tertiary/aromatic N) is 1. The fourth-order valence-electron chi connectivity index (χ4n) is 3.40. The summed E-state index contributed by atoms with van der Waals surface area (Å²) in [4.78, 5) is 2.38. The van der Waals surface area contributed by atoms with Gasteiger partial charge in [0.05, 0.1) is 13.8 Å². The van der Waals surface area contributed by atoms with Crippen LogP contribution in [0.5, 0.6) is 5.75 Å². The number of rotatable bonds is 5. The maximum Gasteiger partial charge on any atom is 0.124 e. The summed E-state index contributed by atoms with van der Waals surface area (Å²) in [5, 5.41) is 5.71. The van der Waals surface area contributed by atoms with Crippen molar-refractivity contribution in [3.8, 4) is 5.75 Å². The molecule has 2 aromatic rings. The Bertz CT molecular complexity index is 631. The summed E-state index contributed by atoms with van der Waals surface area (Å²) in [5.74, 6) is 0.857. The number of alkyl halides is 1. The van der Waals surface area contributed by atoms with Gasteiger partial charge in [-0.2, -0.15) is 0 Å². The summed E-state index contributed by atoms with van der Waals surface area (Å²) in [6, 6.07) is 12.4. The molecule has 1 fully saturated rings. The minimum atomic E-state index is -0.318. The molecule has 5 heteroatoms. The highest BCUT2D eigenvalue weighted by atomic mass is 35.5. The molecule has 0 unspecified atom stereocenters. The predicted octanol–water partition coefficient (Wildman–Crippen LogP) is 3.58. The highest BCUT2D eigenvalue weighted by Gasteiger charge is 2.26. The number of fused-ring (bicyclic) bond motifs is 1. The molecule has 0 aromatic heterocycles. The molecule has 0 spiro atoms.